The van der Waals surface area contributed by atoms with Gasteiger partial charge in [0, 0.05) is 42.0 Å². The molecule has 2 aromatic carbocycles. The lowest BCUT2D eigenvalue weighted by Crippen LogP contribution is -2.33. The van der Waals surface area contributed by atoms with Gasteiger partial charge in [-0.25, -0.2) is 4.98 Å². The fourth-order valence-corrected chi connectivity index (χ4v) is 4.28. The van der Waals surface area contributed by atoms with Gasteiger partial charge in [-0.15, -0.1) is 11.3 Å². The van der Waals surface area contributed by atoms with Gasteiger partial charge in [-0.05, 0) is 30.8 Å². The molecule has 164 valence electrons. The van der Waals surface area contributed by atoms with Crippen molar-refractivity contribution < 1.29 is 9.59 Å². The van der Waals surface area contributed by atoms with Gasteiger partial charge in [0.25, 0.3) is 0 Å². The number of hydrogen-bond donors (Lipinski definition) is 2. The third-order valence-corrected chi connectivity index (χ3v) is 5.84. The Labute approximate surface area is 190 Å². The highest BCUT2D eigenvalue weighted by molar-refractivity contribution is 7.15. The summed E-state index contributed by atoms with van der Waals surface area (Å²) < 4.78 is 2.11. The molecule has 2 aromatic heterocycles. The van der Waals surface area contributed by atoms with Crippen molar-refractivity contribution in [1.82, 2.24) is 14.3 Å². The number of carbonyl (C=O) groups excluding carboxylic acids is 2. The SMILES string of the molecule is CCN(CC(=O)Nc1ccc(NC(C)=O)cc1)Cc1c(-c2ccccc2)nc2sccn12. The summed E-state index contributed by atoms with van der Waals surface area (Å²) in [6.07, 6.45) is 2.03. The van der Waals surface area contributed by atoms with E-state index in [1.54, 1.807) is 35.6 Å². The molecule has 0 saturated heterocycles. The maximum absolute atomic E-state index is 12.7. The van der Waals surface area contributed by atoms with Gasteiger partial charge in [-0.2, -0.15) is 0 Å². The molecule has 0 saturated carbocycles. The van der Waals surface area contributed by atoms with E-state index in [1.807, 2.05) is 36.7 Å². The van der Waals surface area contributed by atoms with E-state index in [9.17, 15) is 9.59 Å². The van der Waals surface area contributed by atoms with E-state index in [-0.39, 0.29) is 18.4 Å². The summed E-state index contributed by atoms with van der Waals surface area (Å²) in [7, 11) is 0. The summed E-state index contributed by atoms with van der Waals surface area (Å²) >= 11 is 1.60. The first-order valence-electron chi connectivity index (χ1n) is 10.4. The highest BCUT2D eigenvalue weighted by atomic mass is 32.1. The summed E-state index contributed by atoms with van der Waals surface area (Å²) in [5, 5.41) is 7.67. The van der Waals surface area contributed by atoms with Gasteiger partial charge < -0.3 is 10.6 Å². The third kappa shape index (κ3) is 5.04. The van der Waals surface area contributed by atoms with Crippen molar-refractivity contribution in [2.24, 2.45) is 0 Å². The standard InChI is InChI=1S/C24H25N5O2S/c1-3-28(16-22(31)26-20-11-9-19(10-12-20)25-17(2)30)15-21-23(18-7-5-4-6-8-18)27-24-29(21)13-14-32-24/h4-14H,3,15-16H2,1-2H3,(H,25,30)(H,26,31). The second-order valence-corrected chi connectivity index (χ2v) is 8.31. The molecule has 0 aliphatic carbocycles. The van der Waals surface area contributed by atoms with Gasteiger partial charge in [0.15, 0.2) is 4.96 Å². The van der Waals surface area contributed by atoms with Crippen molar-refractivity contribution in [3.05, 3.63) is 71.9 Å². The zero-order chi connectivity index (χ0) is 22.5. The van der Waals surface area contributed by atoms with E-state index in [2.05, 4.69) is 32.1 Å². The van der Waals surface area contributed by atoms with Crippen molar-refractivity contribution in [3.63, 3.8) is 0 Å². The Kier molecular flexibility index (Phi) is 6.63. The molecule has 2 heterocycles. The van der Waals surface area contributed by atoms with Gasteiger partial charge >= 0.3 is 0 Å². The Morgan fingerprint density at radius 3 is 2.38 bits per heavy atom. The Bertz CT molecular complexity index is 1210. The van der Waals surface area contributed by atoms with Crippen molar-refractivity contribution >= 4 is 39.5 Å². The van der Waals surface area contributed by atoms with Crippen LogP contribution in [0.2, 0.25) is 0 Å². The number of benzene rings is 2. The molecule has 8 heteroatoms. The summed E-state index contributed by atoms with van der Waals surface area (Å²) in [5.74, 6) is -0.221. The summed E-state index contributed by atoms with van der Waals surface area (Å²) in [4.78, 5) is 31.7. The lowest BCUT2D eigenvalue weighted by atomic mass is 10.1. The topological polar surface area (TPSA) is 78.7 Å². The minimum atomic E-state index is -0.130. The Morgan fingerprint density at radius 1 is 1.03 bits per heavy atom. The molecule has 2 N–H and O–H groups in total. The van der Waals surface area contributed by atoms with Crippen LogP contribution in [-0.2, 0) is 16.1 Å². The minimum Gasteiger partial charge on any atom is -0.326 e. The number of hydrogen-bond acceptors (Lipinski definition) is 5. The van der Waals surface area contributed by atoms with Crippen LogP contribution in [0.3, 0.4) is 0 Å². The first-order valence-corrected chi connectivity index (χ1v) is 11.3. The molecular weight excluding hydrogens is 422 g/mol. The predicted octanol–water partition coefficient (Wildman–Crippen LogP) is 4.48. The Hall–Kier alpha value is -3.49. The summed E-state index contributed by atoms with van der Waals surface area (Å²) in [6, 6.07) is 17.2. The highest BCUT2D eigenvalue weighted by Gasteiger charge is 2.19. The molecule has 0 spiro atoms. The van der Waals surface area contributed by atoms with Gasteiger partial charge in [-0.1, -0.05) is 37.3 Å². The van der Waals surface area contributed by atoms with Crippen molar-refractivity contribution in [3.8, 4) is 11.3 Å². The van der Waals surface area contributed by atoms with E-state index in [0.29, 0.717) is 17.9 Å². The predicted molar refractivity (Wildman–Crippen MR) is 129 cm³/mol. The van der Waals surface area contributed by atoms with E-state index in [1.165, 1.54) is 6.92 Å². The number of fused-ring (bicyclic) bond motifs is 1. The third-order valence-electron chi connectivity index (χ3n) is 5.09. The first-order chi connectivity index (χ1) is 15.5. The molecular formula is C24H25N5O2S. The Balaban J connectivity index is 1.47. The number of imidazole rings is 1. The van der Waals surface area contributed by atoms with Crippen LogP contribution in [0, 0.1) is 0 Å². The van der Waals surface area contributed by atoms with Crippen LogP contribution in [0.5, 0.6) is 0 Å². The molecule has 0 atom stereocenters. The van der Waals surface area contributed by atoms with Crippen molar-refractivity contribution in [2.45, 2.75) is 20.4 Å². The monoisotopic (exact) mass is 447 g/mol. The highest BCUT2D eigenvalue weighted by Crippen LogP contribution is 2.27. The van der Waals surface area contributed by atoms with E-state index >= 15 is 0 Å². The van der Waals surface area contributed by atoms with Crippen molar-refractivity contribution in [2.75, 3.05) is 23.7 Å². The fourth-order valence-electron chi connectivity index (χ4n) is 3.55. The van der Waals surface area contributed by atoms with Crippen LogP contribution in [0.1, 0.15) is 19.5 Å². The zero-order valence-electron chi connectivity index (χ0n) is 18.0. The van der Waals surface area contributed by atoms with Crippen LogP contribution >= 0.6 is 11.3 Å². The number of likely N-dealkylation sites (N-methyl/N-ethyl adjacent to an activating group) is 1. The first kappa shape index (κ1) is 21.7. The average molecular weight is 448 g/mol. The molecule has 4 rings (SSSR count). The number of thiazole rings is 1. The number of nitrogens with zero attached hydrogens (tertiary/aromatic N) is 3. The maximum Gasteiger partial charge on any atom is 0.238 e. The largest absolute Gasteiger partial charge is 0.326 e. The molecule has 0 unspecified atom stereocenters. The van der Waals surface area contributed by atoms with Gasteiger partial charge in [0.1, 0.15) is 0 Å². The zero-order valence-corrected chi connectivity index (χ0v) is 18.9. The number of amides is 2. The van der Waals surface area contributed by atoms with E-state index in [0.717, 1.165) is 28.5 Å². The molecule has 4 aromatic rings. The quantitative estimate of drug-likeness (QED) is 0.417. The summed E-state index contributed by atoms with van der Waals surface area (Å²) in [5.41, 5.74) is 4.47. The number of nitrogens with one attached hydrogen (secondary N) is 2. The van der Waals surface area contributed by atoms with E-state index < -0.39 is 0 Å². The average Bonchev–Trinajstić information content (AvgIpc) is 3.37. The molecule has 32 heavy (non-hydrogen) atoms. The van der Waals surface area contributed by atoms with Crippen LogP contribution in [0.15, 0.2) is 66.2 Å². The van der Waals surface area contributed by atoms with Crippen molar-refractivity contribution in [1.29, 1.82) is 0 Å². The van der Waals surface area contributed by atoms with Crippen LogP contribution < -0.4 is 10.6 Å². The normalized spacial score (nSPS) is 11.1. The molecule has 2 amide bonds. The van der Waals surface area contributed by atoms with Gasteiger partial charge in [0.2, 0.25) is 11.8 Å². The molecule has 0 aliphatic heterocycles. The van der Waals surface area contributed by atoms with Crippen LogP contribution in [0.25, 0.3) is 16.2 Å². The number of rotatable bonds is 8. The Morgan fingerprint density at radius 2 is 1.72 bits per heavy atom. The van der Waals surface area contributed by atoms with Gasteiger partial charge in [-0.3, -0.25) is 18.9 Å². The minimum absolute atomic E-state index is 0.0912. The molecule has 0 fully saturated rings. The molecule has 0 radical (unpaired) electrons. The molecule has 0 aliphatic rings. The molecule has 7 nitrogen and oxygen atoms in total. The lowest BCUT2D eigenvalue weighted by molar-refractivity contribution is -0.117. The van der Waals surface area contributed by atoms with Crippen LogP contribution in [-0.4, -0.2) is 39.2 Å². The number of anilines is 2. The molecule has 0 bridgehead atoms. The maximum atomic E-state index is 12.7. The fraction of sp³-hybridized carbons (Fsp3) is 0.208. The summed E-state index contributed by atoms with van der Waals surface area (Å²) in [6.45, 7) is 5.09. The number of carbonyl (C=O) groups is 2. The second kappa shape index (κ2) is 9.76. The number of aromatic nitrogens is 2. The van der Waals surface area contributed by atoms with Crippen LogP contribution in [0.4, 0.5) is 11.4 Å². The van der Waals surface area contributed by atoms with E-state index in [4.69, 9.17) is 4.98 Å². The lowest BCUT2D eigenvalue weighted by Gasteiger charge is -2.20. The second-order valence-electron chi connectivity index (χ2n) is 7.44. The van der Waals surface area contributed by atoms with Gasteiger partial charge in [0.05, 0.1) is 17.9 Å². The smallest absolute Gasteiger partial charge is 0.238 e.